The molecule has 0 saturated heterocycles. The van der Waals surface area contributed by atoms with Crippen LogP contribution in [0.2, 0.25) is 0 Å². The molecule has 2 rings (SSSR count). The normalized spacial score (nSPS) is 14.4. The van der Waals surface area contributed by atoms with Crippen LogP contribution in [-0.2, 0) is 18.3 Å². The average molecular weight is 371 g/mol. The average Bonchev–Trinajstić information content (AvgIpc) is 2.68. The molecule has 0 bridgehead atoms. The third-order valence-electron chi connectivity index (χ3n) is 2.71. The number of aromatic nitrogens is 1. The molecule has 1 aromatic rings. The predicted octanol–water partition coefficient (Wildman–Crippen LogP) is 3.03. The standard InChI is InChI=1S/C11H7BrCl3NO2/c1-16-4-7(12)8-5(9(17)11(13,14)15)2-3-6(8)10(16)18/h2,4H,3H2,1H3. The summed E-state index contributed by atoms with van der Waals surface area (Å²) in [5.41, 5.74) is 1.17. The Labute approximate surface area is 126 Å². The molecule has 0 aliphatic heterocycles. The van der Waals surface area contributed by atoms with Crippen LogP contribution in [0.5, 0.6) is 0 Å². The highest BCUT2D eigenvalue weighted by Crippen LogP contribution is 2.39. The van der Waals surface area contributed by atoms with Gasteiger partial charge in [-0.05, 0) is 22.4 Å². The first kappa shape index (κ1) is 14.1. The number of alkyl halides is 3. The van der Waals surface area contributed by atoms with Crippen molar-refractivity contribution < 1.29 is 4.79 Å². The second-order valence-electron chi connectivity index (χ2n) is 3.90. The first-order valence-electron chi connectivity index (χ1n) is 4.93. The van der Waals surface area contributed by atoms with Crippen LogP contribution < -0.4 is 5.56 Å². The molecule has 0 spiro atoms. The summed E-state index contributed by atoms with van der Waals surface area (Å²) >= 11 is 20.1. The highest BCUT2D eigenvalue weighted by molar-refractivity contribution is 9.10. The molecule has 0 radical (unpaired) electrons. The molecule has 1 aliphatic carbocycles. The minimum atomic E-state index is -2.02. The zero-order chi connectivity index (χ0) is 13.7. The maximum atomic E-state index is 12.0. The number of ketones is 1. The Bertz CT molecular complexity index is 628. The number of hydrogen-bond donors (Lipinski definition) is 0. The van der Waals surface area contributed by atoms with Crippen molar-refractivity contribution in [2.75, 3.05) is 0 Å². The van der Waals surface area contributed by atoms with Gasteiger partial charge in [-0.1, -0.05) is 40.9 Å². The Hall–Kier alpha value is -0.290. The fraction of sp³-hybridized carbons (Fsp3) is 0.273. The van der Waals surface area contributed by atoms with Crippen LogP contribution in [-0.4, -0.2) is 14.1 Å². The van der Waals surface area contributed by atoms with E-state index in [1.807, 2.05) is 0 Å². The number of Topliss-reactive ketones (excluding diaryl/α,β-unsaturated/α-hetero) is 1. The molecule has 7 heteroatoms. The monoisotopic (exact) mass is 369 g/mol. The summed E-state index contributed by atoms with van der Waals surface area (Å²) in [6.45, 7) is 0. The predicted molar refractivity (Wildman–Crippen MR) is 76.4 cm³/mol. The first-order valence-corrected chi connectivity index (χ1v) is 6.86. The van der Waals surface area contributed by atoms with E-state index in [2.05, 4.69) is 15.9 Å². The van der Waals surface area contributed by atoms with E-state index in [0.717, 1.165) is 0 Å². The van der Waals surface area contributed by atoms with E-state index in [1.165, 1.54) is 4.57 Å². The number of halogens is 4. The molecule has 0 fully saturated rings. The van der Waals surface area contributed by atoms with Gasteiger partial charge in [-0.2, -0.15) is 0 Å². The molecule has 1 aliphatic rings. The molecule has 0 saturated carbocycles. The lowest BCUT2D eigenvalue weighted by molar-refractivity contribution is -0.112. The summed E-state index contributed by atoms with van der Waals surface area (Å²) in [7, 11) is 1.64. The van der Waals surface area contributed by atoms with E-state index in [1.54, 1.807) is 19.3 Å². The molecule has 0 aromatic carbocycles. The fourth-order valence-corrected chi connectivity index (χ4v) is 2.97. The van der Waals surface area contributed by atoms with Gasteiger partial charge in [0.25, 0.3) is 9.35 Å². The number of carbonyl (C=O) groups is 1. The molecule has 1 aromatic heterocycles. The van der Waals surface area contributed by atoms with Gasteiger partial charge in [-0.25, -0.2) is 0 Å². The molecule has 3 nitrogen and oxygen atoms in total. The smallest absolute Gasteiger partial charge is 0.254 e. The number of aryl methyl sites for hydroxylation is 1. The van der Waals surface area contributed by atoms with Crippen molar-refractivity contribution in [1.82, 2.24) is 4.57 Å². The number of hydrogen-bond acceptors (Lipinski definition) is 2. The number of pyridine rings is 1. The van der Waals surface area contributed by atoms with Crippen LogP contribution in [0.15, 0.2) is 21.5 Å². The first-order chi connectivity index (χ1) is 8.23. The minimum Gasteiger partial charge on any atom is -0.317 e. The van der Waals surface area contributed by atoms with E-state index in [0.29, 0.717) is 22.0 Å². The molecule has 18 heavy (non-hydrogen) atoms. The highest BCUT2D eigenvalue weighted by atomic mass is 79.9. The molecule has 1 heterocycles. The number of fused-ring (bicyclic) bond motifs is 1. The lowest BCUT2D eigenvalue weighted by Gasteiger charge is -2.13. The lowest BCUT2D eigenvalue weighted by atomic mass is 10.1. The van der Waals surface area contributed by atoms with E-state index in [-0.39, 0.29) is 11.1 Å². The highest BCUT2D eigenvalue weighted by Gasteiger charge is 2.37. The zero-order valence-electron chi connectivity index (χ0n) is 9.14. The third kappa shape index (κ3) is 2.27. The lowest BCUT2D eigenvalue weighted by Crippen LogP contribution is -2.23. The van der Waals surface area contributed by atoms with Gasteiger partial charge >= 0.3 is 0 Å². The second-order valence-corrected chi connectivity index (χ2v) is 7.03. The largest absolute Gasteiger partial charge is 0.317 e. The van der Waals surface area contributed by atoms with Crippen molar-refractivity contribution in [3.8, 4) is 0 Å². The van der Waals surface area contributed by atoms with Gasteiger partial charge in [-0.3, -0.25) is 9.59 Å². The molecular formula is C11H7BrCl3NO2. The summed E-state index contributed by atoms with van der Waals surface area (Å²) in [4.78, 5) is 23.9. The maximum Gasteiger partial charge on any atom is 0.254 e. The topological polar surface area (TPSA) is 39.1 Å². The van der Waals surface area contributed by atoms with Gasteiger partial charge < -0.3 is 4.57 Å². The van der Waals surface area contributed by atoms with Crippen molar-refractivity contribution in [3.63, 3.8) is 0 Å². The van der Waals surface area contributed by atoms with Gasteiger partial charge in [0.15, 0.2) is 0 Å². The van der Waals surface area contributed by atoms with Gasteiger partial charge in [-0.15, -0.1) is 0 Å². The van der Waals surface area contributed by atoms with Gasteiger partial charge in [0.1, 0.15) is 0 Å². The fourth-order valence-electron chi connectivity index (χ4n) is 1.90. The summed E-state index contributed by atoms with van der Waals surface area (Å²) in [5.74, 6) is -0.625. The molecule has 96 valence electrons. The Kier molecular flexibility index (Phi) is 3.67. The quantitative estimate of drug-likeness (QED) is 0.712. The van der Waals surface area contributed by atoms with Crippen LogP contribution in [0.25, 0.3) is 5.57 Å². The van der Waals surface area contributed by atoms with Crippen LogP contribution in [0, 0.1) is 0 Å². The number of nitrogens with zero attached hydrogens (tertiary/aromatic N) is 1. The van der Waals surface area contributed by atoms with Crippen LogP contribution >= 0.6 is 50.7 Å². The van der Waals surface area contributed by atoms with E-state index in [4.69, 9.17) is 34.8 Å². The Morgan fingerprint density at radius 1 is 1.44 bits per heavy atom. The van der Waals surface area contributed by atoms with E-state index >= 15 is 0 Å². The van der Waals surface area contributed by atoms with Gasteiger partial charge in [0.2, 0.25) is 5.78 Å². The van der Waals surface area contributed by atoms with Crippen molar-refractivity contribution >= 4 is 62.1 Å². The summed E-state index contributed by atoms with van der Waals surface area (Å²) in [5, 5.41) is 0. The molecule has 0 atom stereocenters. The van der Waals surface area contributed by atoms with Gasteiger partial charge in [0.05, 0.1) is 0 Å². The molecule has 0 amide bonds. The van der Waals surface area contributed by atoms with Gasteiger partial charge in [0, 0.05) is 34.4 Å². The Morgan fingerprint density at radius 3 is 2.61 bits per heavy atom. The summed E-state index contributed by atoms with van der Waals surface area (Å²) < 4.78 is 0.0546. The van der Waals surface area contributed by atoms with E-state index in [9.17, 15) is 9.59 Å². The van der Waals surface area contributed by atoms with Crippen LogP contribution in [0.4, 0.5) is 0 Å². The number of allylic oxidation sites excluding steroid dienone is 2. The number of rotatable bonds is 1. The number of carbonyl (C=O) groups excluding carboxylic acids is 1. The molecule has 0 unspecified atom stereocenters. The van der Waals surface area contributed by atoms with Crippen molar-refractivity contribution in [2.45, 2.75) is 10.2 Å². The van der Waals surface area contributed by atoms with Crippen molar-refractivity contribution in [1.29, 1.82) is 0 Å². The van der Waals surface area contributed by atoms with Crippen LogP contribution in [0.3, 0.4) is 0 Å². The van der Waals surface area contributed by atoms with Crippen molar-refractivity contribution in [2.24, 2.45) is 7.05 Å². The van der Waals surface area contributed by atoms with E-state index < -0.39 is 9.58 Å². The third-order valence-corrected chi connectivity index (χ3v) is 3.82. The molecular weight excluding hydrogens is 364 g/mol. The Morgan fingerprint density at radius 2 is 2.06 bits per heavy atom. The second kappa shape index (κ2) is 4.67. The summed E-state index contributed by atoms with van der Waals surface area (Å²) in [6, 6.07) is 0. The Balaban J connectivity index is 2.61. The van der Waals surface area contributed by atoms with Crippen molar-refractivity contribution in [3.05, 3.63) is 38.2 Å². The summed E-state index contributed by atoms with van der Waals surface area (Å²) in [6.07, 6.45) is 3.57. The SMILES string of the molecule is Cn1cc(Br)c2c(c1=O)CC=C2C(=O)C(Cl)(Cl)Cl. The molecule has 0 N–H and O–H groups in total. The zero-order valence-corrected chi connectivity index (χ0v) is 13.0. The maximum absolute atomic E-state index is 12.0. The van der Waals surface area contributed by atoms with Crippen LogP contribution in [0.1, 0.15) is 11.1 Å². The minimum absolute atomic E-state index is 0.156.